The summed E-state index contributed by atoms with van der Waals surface area (Å²) in [5.41, 5.74) is 6.11. The van der Waals surface area contributed by atoms with Crippen LogP contribution in [0.1, 0.15) is 6.92 Å². The molecule has 1 heterocycles. The van der Waals surface area contributed by atoms with Gasteiger partial charge < -0.3 is 15.2 Å². The molecule has 2 N–H and O–H groups in total. The Hall–Kier alpha value is -1.45. The Morgan fingerprint density at radius 1 is 1.50 bits per heavy atom. The molecule has 12 heavy (non-hydrogen) atoms. The summed E-state index contributed by atoms with van der Waals surface area (Å²) in [6.07, 6.45) is 0. The third kappa shape index (κ3) is 1.78. The molecule has 0 aliphatic carbocycles. The largest absolute Gasteiger partial charge is 0.481 e. The molecule has 66 valence electrons. The van der Waals surface area contributed by atoms with Gasteiger partial charge in [-0.05, 0) is 13.0 Å². The molecule has 0 atom stereocenters. The van der Waals surface area contributed by atoms with Crippen LogP contribution in [0.2, 0.25) is 0 Å². The first-order valence-electron chi connectivity index (χ1n) is 3.71. The Morgan fingerprint density at radius 3 is 2.83 bits per heavy atom. The molecule has 1 rings (SSSR count). The molecule has 0 unspecified atom stereocenters. The van der Waals surface area contributed by atoms with Gasteiger partial charge >= 0.3 is 0 Å². The van der Waals surface area contributed by atoms with Crippen LogP contribution in [-0.2, 0) is 0 Å². The number of nitrogen functional groups attached to an aromatic ring is 1. The van der Waals surface area contributed by atoms with Crippen molar-refractivity contribution in [1.29, 1.82) is 0 Å². The van der Waals surface area contributed by atoms with E-state index in [9.17, 15) is 0 Å². The summed E-state index contributed by atoms with van der Waals surface area (Å²) < 4.78 is 10.1. The molecule has 0 aromatic carbocycles. The number of anilines is 1. The first kappa shape index (κ1) is 8.64. The fourth-order valence-electron chi connectivity index (χ4n) is 0.800. The van der Waals surface area contributed by atoms with Gasteiger partial charge in [-0.1, -0.05) is 0 Å². The van der Waals surface area contributed by atoms with E-state index in [2.05, 4.69) is 4.98 Å². The molecule has 0 bridgehead atoms. The lowest BCUT2D eigenvalue weighted by Gasteiger charge is -2.06. The van der Waals surface area contributed by atoms with Gasteiger partial charge in [-0.15, -0.1) is 0 Å². The molecule has 0 aliphatic rings. The van der Waals surface area contributed by atoms with Gasteiger partial charge in [0.2, 0.25) is 11.8 Å². The van der Waals surface area contributed by atoms with E-state index in [1.807, 2.05) is 6.92 Å². The lowest BCUT2D eigenvalue weighted by Crippen LogP contribution is -2.00. The van der Waals surface area contributed by atoms with Gasteiger partial charge in [0, 0.05) is 6.07 Å². The van der Waals surface area contributed by atoms with Crippen molar-refractivity contribution in [3.8, 4) is 11.8 Å². The van der Waals surface area contributed by atoms with Gasteiger partial charge in [0.25, 0.3) is 0 Å². The van der Waals surface area contributed by atoms with E-state index < -0.39 is 0 Å². The predicted molar refractivity (Wildman–Crippen MR) is 46.4 cm³/mol. The van der Waals surface area contributed by atoms with Gasteiger partial charge in [-0.25, -0.2) is 0 Å². The number of ether oxygens (including phenoxy) is 2. The maximum Gasteiger partial charge on any atom is 0.240 e. The monoisotopic (exact) mass is 168 g/mol. The molecule has 0 saturated heterocycles. The number of rotatable bonds is 3. The Balaban J connectivity index is 2.91. The Labute approximate surface area is 71.3 Å². The van der Waals surface area contributed by atoms with E-state index in [0.717, 1.165) is 0 Å². The highest BCUT2D eigenvalue weighted by Gasteiger charge is 2.02. The molecule has 0 spiro atoms. The normalized spacial score (nSPS) is 9.50. The third-order valence-corrected chi connectivity index (χ3v) is 1.35. The minimum Gasteiger partial charge on any atom is -0.481 e. The molecule has 0 amide bonds. The number of hydrogen-bond acceptors (Lipinski definition) is 4. The van der Waals surface area contributed by atoms with E-state index >= 15 is 0 Å². The maximum absolute atomic E-state index is 5.59. The number of aromatic nitrogens is 1. The second kappa shape index (κ2) is 3.80. The van der Waals surface area contributed by atoms with Crippen LogP contribution < -0.4 is 15.2 Å². The minimum atomic E-state index is 0.428. The van der Waals surface area contributed by atoms with Crippen molar-refractivity contribution in [2.75, 3.05) is 19.5 Å². The first-order valence-corrected chi connectivity index (χ1v) is 3.71. The summed E-state index contributed by atoms with van der Waals surface area (Å²) in [6.45, 7) is 2.42. The van der Waals surface area contributed by atoms with Crippen LogP contribution in [0.3, 0.4) is 0 Å². The summed E-state index contributed by atoms with van der Waals surface area (Å²) in [6, 6.07) is 3.40. The van der Waals surface area contributed by atoms with E-state index in [4.69, 9.17) is 15.2 Å². The smallest absolute Gasteiger partial charge is 0.240 e. The summed E-state index contributed by atoms with van der Waals surface area (Å²) in [5, 5.41) is 0. The maximum atomic E-state index is 5.59. The standard InChI is InChI=1S/C8H12N2O2/c1-3-12-8-6(9)4-5-7(10-8)11-2/h4-5H,3,9H2,1-2H3. The predicted octanol–water partition coefficient (Wildman–Crippen LogP) is 1.07. The second-order valence-electron chi connectivity index (χ2n) is 2.18. The molecule has 0 saturated carbocycles. The van der Waals surface area contributed by atoms with Crippen LogP contribution in [0.25, 0.3) is 0 Å². The molecule has 1 aromatic rings. The fourth-order valence-corrected chi connectivity index (χ4v) is 0.800. The molecule has 4 nitrogen and oxygen atoms in total. The molecular weight excluding hydrogens is 156 g/mol. The van der Waals surface area contributed by atoms with Gasteiger partial charge in [0.05, 0.1) is 19.4 Å². The van der Waals surface area contributed by atoms with Crippen molar-refractivity contribution in [2.45, 2.75) is 6.92 Å². The van der Waals surface area contributed by atoms with Gasteiger partial charge in [0.1, 0.15) is 0 Å². The van der Waals surface area contributed by atoms with Gasteiger partial charge in [-0.3, -0.25) is 0 Å². The van der Waals surface area contributed by atoms with Crippen LogP contribution in [0.4, 0.5) is 5.69 Å². The van der Waals surface area contributed by atoms with Crippen molar-refractivity contribution in [2.24, 2.45) is 0 Å². The lowest BCUT2D eigenvalue weighted by molar-refractivity contribution is 0.318. The average Bonchev–Trinajstić information content (AvgIpc) is 2.09. The highest BCUT2D eigenvalue weighted by atomic mass is 16.5. The van der Waals surface area contributed by atoms with E-state index in [0.29, 0.717) is 24.1 Å². The lowest BCUT2D eigenvalue weighted by atomic mass is 10.4. The second-order valence-corrected chi connectivity index (χ2v) is 2.18. The molecule has 1 aromatic heterocycles. The molecular formula is C8H12N2O2. The van der Waals surface area contributed by atoms with Crippen molar-refractivity contribution >= 4 is 5.69 Å². The van der Waals surface area contributed by atoms with Crippen LogP contribution in [0.15, 0.2) is 12.1 Å². The topological polar surface area (TPSA) is 57.4 Å². The van der Waals surface area contributed by atoms with Crippen molar-refractivity contribution in [1.82, 2.24) is 4.98 Å². The highest BCUT2D eigenvalue weighted by Crippen LogP contribution is 2.21. The van der Waals surface area contributed by atoms with Gasteiger partial charge in [0.15, 0.2) is 0 Å². The van der Waals surface area contributed by atoms with Crippen LogP contribution in [-0.4, -0.2) is 18.7 Å². The van der Waals surface area contributed by atoms with E-state index in [1.165, 1.54) is 0 Å². The molecule has 0 aliphatic heterocycles. The summed E-state index contributed by atoms with van der Waals surface area (Å²) in [5.74, 6) is 0.935. The molecule has 0 fully saturated rings. The summed E-state index contributed by atoms with van der Waals surface area (Å²) in [4.78, 5) is 4.01. The number of pyridine rings is 1. The Morgan fingerprint density at radius 2 is 2.25 bits per heavy atom. The zero-order valence-corrected chi connectivity index (χ0v) is 7.20. The Bertz CT molecular complexity index is 263. The Kier molecular flexibility index (Phi) is 2.74. The first-order chi connectivity index (χ1) is 5.77. The average molecular weight is 168 g/mol. The summed E-state index contributed by atoms with van der Waals surface area (Å²) in [7, 11) is 1.55. The fraction of sp³-hybridized carbons (Fsp3) is 0.375. The number of nitrogens with zero attached hydrogens (tertiary/aromatic N) is 1. The molecule has 0 radical (unpaired) electrons. The quantitative estimate of drug-likeness (QED) is 0.733. The van der Waals surface area contributed by atoms with Crippen molar-refractivity contribution < 1.29 is 9.47 Å². The van der Waals surface area contributed by atoms with E-state index in [-0.39, 0.29) is 0 Å². The SMILES string of the molecule is CCOc1nc(OC)ccc1N. The van der Waals surface area contributed by atoms with Crippen molar-refractivity contribution in [3.05, 3.63) is 12.1 Å². The van der Waals surface area contributed by atoms with E-state index in [1.54, 1.807) is 19.2 Å². The number of hydrogen-bond donors (Lipinski definition) is 1. The number of methoxy groups -OCH3 is 1. The zero-order valence-electron chi connectivity index (χ0n) is 7.20. The van der Waals surface area contributed by atoms with Crippen LogP contribution in [0, 0.1) is 0 Å². The van der Waals surface area contributed by atoms with Crippen LogP contribution in [0.5, 0.6) is 11.8 Å². The van der Waals surface area contributed by atoms with Gasteiger partial charge in [-0.2, -0.15) is 4.98 Å². The zero-order chi connectivity index (χ0) is 8.97. The van der Waals surface area contributed by atoms with Crippen molar-refractivity contribution in [3.63, 3.8) is 0 Å². The molecule has 4 heteroatoms. The third-order valence-electron chi connectivity index (χ3n) is 1.35. The summed E-state index contributed by atoms with van der Waals surface area (Å²) >= 11 is 0. The number of nitrogens with two attached hydrogens (primary N) is 1. The highest BCUT2D eigenvalue weighted by molar-refractivity contribution is 5.49. The van der Waals surface area contributed by atoms with Crippen LogP contribution >= 0.6 is 0 Å². The minimum absolute atomic E-state index is 0.428.